The van der Waals surface area contributed by atoms with E-state index in [0.29, 0.717) is 10.7 Å². The van der Waals surface area contributed by atoms with Crippen LogP contribution in [0.4, 0.5) is 5.13 Å². The average Bonchev–Trinajstić information content (AvgIpc) is 3.33. The molecule has 0 bridgehead atoms. The first-order valence-corrected chi connectivity index (χ1v) is 9.30. The summed E-state index contributed by atoms with van der Waals surface area (Å²) in [5.41, 5.74) is 2.37. The fourth-order valence-corrected chi connectivity index (χ4v) is 3.57. The Balaban J connectivity index is 1.41. The van der Waals surface area contributed by atoms with Gasteiger partial charge in [-0.15, -0.1) is 10.2 Å². The van der Waals surface area contributed by atoms with Crippen molar-refractivity contribution in [2.24, 2.45) is 0 Å². The fraction of sp³-hybridized carbons (Fsp3) is 0.100. The molecule has 1 amide bonds. The molecular formula is C20H16N4O2S. The molecule has 0 aliphatic heterocycles. The third kappa shape index (κ3) is 3.78. The summed E-state index contributed by atoms with van der Waals surface area (Å²) in [5, 5.41) is 12.5. The zero-order valence-electron chi connectivity index (χ0n) is 14.3. The second kappa shape index (κ2) is 7.51. The number of nitrogens with one attached hydrogen (secondary N) is 2. The van der Waals surface area contributed by atoms with Gasteiger partial charge in [0.2, 0.25) is 5.13 Å². The van der Waals surface area contributed by atoms with Gasteiger partial charge in [0.1, 0.15) is 5.01 Å². The van der Waals surface area contributed by atoms with E-state index in [0.717, 1.165) is 28.8 Å². The summed E-state index contributed by atoms with van der Waals surface area (Å²) in [5.74, 6) is -1.32. The lowest BCUT2D eigenvalue weighted by Crippen LogP contribution is -2.22. The number of carbonyl (C=O) groups is 2. The summed E-state index contributed by atoms with van der Waals surface area (Å²) in [6.45, 7) is 0. The number of benzene rings is 2. The molecule has 7 heteroatoms. The van der Waals surface area contributed by atoms with Crippen LogP contribution in [0, 0.1) is 0 Å². The Morgan fingerprint density at radius 2 is 1.74 bits per heavy atom. The Kier molecular flexibility index (Phi) is 4.76. The standard InChI is InChI=1S/C20H16N4O2S/c25-18(15-12-21-16-9-5-4-8-14(15)16)19(26)22-20-24-23-17(27-20)11-10-13-6-2-1-3-7-13/h1-9,12,21H,10-11H2,(H,22,24,26). The zero-order chi connectivity index (χ0) is 18.6. The second-order valence-corrected chi connectivity index (χ2v) is 7.08. The fourth-order valence-electron chi connectivity index (χ4n) is 2.84. The minimum Gasteiger partial charge on any atom is -0.360 e. The number of carbonyl (C=O) groups excluding carboxylic acids is 2. The third-order valence-corrected chi connectivity index (χ3v) is 5.10. The first-order valence-electron chi connectivity index (χ1n) is 8.49. The Morgan fingerprint density at radius 1 is 0.963 bits per heavy atom. The monoisotopic (exact) mass is 376 g/mol. The minimum atomic E-state index is -0.717. The third-order valence-electron chi connectivity index (χ3n) is 4.20. The number of aryl methyl sites for hydroxylation is 2. The zero-order valence-corrected chi connectivity index (χ0v) is 15.1. The lowest BCUT2D eigenvalue weighted by molar-refractivity contribution is -0.112. The van der Waals surface area contributed by atoms with Crippen molar-refractivity contribution in [3.05, 3.63) is 76.9 Å². The van der Waals surface area contributed by atoms with Crippen molar-refractivity contribution >= 4 is 39.1 Å². The van der Waals surface area contributed by atoms with Gasteiger partial charge in [0.15, 0.2) is 0 Å². The van der Waals surface area contributed by atoms with Gasteiger partial charge in [0.25, 0.3) is 11.7 Å². The van der Waals surface area contributed by atoms with Crippen LogP contribution < -0.4 is 5.32 Å². The Labute approximate surface area is 159 Å². The number of fused-ring (bicyclic) bond motifs is 1. The van der Waals surface area contributed by atoms with E-state index in [-0.39, 0.29) is 0 Å². The van der Waals surface area contributed by atoms with Crippen molar-refractivity contribution < 1.29 is 9.59 Å². The number of aromatic amines is 1. The molecule has 134 valence electrons. The molecule has 0 spiro atoms. The molecule has 0 fully saturated rings. The van der Waals surface area contributed by atoms with Crippen LogP contribution in [0.15, 0.2) is 60.8 Å². The van der Waals surface area contributed by atoms with E-state index in [9.17, 15) is 9.59 Å². The summed E-state index contributed by atoms with van der Waals surface area (Å²) < 4.78 is 0. The summed E-state index contributed by atoms with van der Waals surface area (Å²) >= 11 is 1.28. The maximum Gasteiger partial charge on any atom is 0.298 e. The molecule has 0 saturated carbocycles. The molecule has 0 aliphatic rings. The van der Waals surface area contributed by atoms with Crippen LogP contribution in [0.3, 0.4) is 0 Å². The van der Waals surface area contributed by atoms with Gasteiger partial charge < -0.3 is 4.98 Å². The number of H-pyrrole nitrogens is 1. The van der Waals surface area contributed by atoms with Crippen LogP contribution in [0.25, 0.3) is 10.9 Å². The van der Waals surface area contributed by atoms with Gasteiger partial charge in [-0.25, -0.2) is 0 Å². The van der Waals surface area contributed by atoms with Crippen molar-refractivity contribution in [3.63, 3.8) is 0 Å². The second-order valence-electron chi connectivity index (χ2n) is 6.02. The van der Waals surface area contributed by atoms with Gasteiger partial charge in [-0.05, 0) is 18.1 Å². The molecule has 2 aromatic carbocycles. The van der Waals surface area contributed by atoms with Crippen LogP contribution in [-0.2, 0) is 17.6 Å². The highest BCUT2D eigenvalue weighted by Crippen LogP contribution is 2.20. The molecule has 4 aromatic rings. The van der Waals surface area contributed by atoms with Gasteiger partial charge in [0, 0.05) is 23.5 Å². The quantitative estimate of drug-likeness (QED) is 0.397. The summed E-state index contributed by atoms with van der Waals surface area (Å²) in [7, 11) is 0. The lowest BCUT2D eigenvalue weighted by Gasteiger charge is -1.99. The molecule has 6 nitrogen and oxygen atoms in total. The average molecular weight is 376 g/mol. The van der Waals surface area contributed by atoms with Gasteiger partial charge in [0.05, 0.1) is 5.56 Å². The van der Waals surface area contributed by atoms with Crippen molar-refractivity contribution in [1.82, 2.24) is 15.2 Å². The van der Waals surface area contributed by atoms with E-state index in [2.05, 4.69) is 32.6 Å². The van der Waals surface area contributed by atoms with Crippen LogP contribution in [0.2, 0.25) is 0 Å². The van der Waals surface area contributed by atoms with E-state index in [1.807, 2.05) is 36.4 Å². The van der Waals surface area contributed by atoms with Crippen LogP contribution in [0.1, 0.15) is 20.9 Å². The molecule has 0 aliphatic carbocycles. The molecule has 0 radical (unpaired) electrons. The van der Waals surface area contributed by atoms with Gasteiger partial charge >= 0.3 is 0 Å². The molecule has 4 rings (SSSR count). The number of Topliss-reactive ketones (excluding diaryl/α,β-unsaturated/α-hetero) is 1. The smallest absolute Gasteiger partial charge is 0.298 e. The molecule has 0 atom stereocenters. The highest BCUT2D eigenvalue weighted by atomic mass is 32.1. The SMILES string of the molecule is O=C(Nc1nnc(CCc2ccccc2)s1)C(=O)c1c[nH]c2ccccc12. The van der Waals surface area contributed by atoms with Crippen molar-refractivity contribution in [2.45, 2.75) is 12.8 Å². The van der Waals surface area contributed by atoms with Crippen LogP contribution >= 0.6 is 11.3 Å². The highest BCUT2D eigenvalue weighted by molar-refractivity contribution is 7.15. The Hall–Kier alpha value is -3.32. The molecule has 2 heterocycles. The molecule has 27 heavy (non-hydrogen) atoms. The van der Waals surface area contributed by atoms with Gasteiger partial charge in [-0.2, -0.15) is 0 Å². The maximum absolute atomic E-state index is 12.5. The first kappa shape index (κ1) is 17.1. The number of nitrogens with zero attached hydrogens (tertiary/aromatic N) is 2. The van der Waals surface area contributed by atoms with Crippen molar-refractivity contribution in [2.75, 3.05) is 5.32 Å². The summed E-state index contributed by atoms with van der Waals surface area (Å²) in [6, 6.07) is 17.4. The predicted octanol–water partition coefficient (Wildman–Crippen LogP) is 3.63. The molecular weight excluding hydrogens is 360 g/mol. The van der Waals surface area contributed by atoms with E-state index >= 15 is 0 Å². The molecule has 2 N–H and O–H groups in total. The number of hydrogen-bond acceptors (Lipinski definition) is 5. The number of amides is 1. The van der Waals surface area contributed by atoms with Crippen LogP contribution in [-0.4, -0.2) is 26.9 Å². The van der Waals surface area contributed by atoms with Gasteiger partial charge in [-0.1, -0.05) is 59.9 Å². The van der Waals surface area contributed by atoms with E-state index < -0.39 is 11.7 Å². The highest BCUT2D eigenvalue weighted by Gasteiger charge is 2.21. The van der Waals surface area contributed by atoms with E-state index in [4.69, 9.17) is 0 Å². The Bertz CT molecular complexity index is 1100. The van der Waals surface area contributed by atoms with Crippen molar-refractivity contribution in [3.8, 4) is 0 Å². The predicted molar refractivity (Wildman–Crippen MR) is 105 cm³/mol. The number of ketones is 1. The Morgan fingerprint density at radius 3 is 2.59 bits per heavy atom. The lowest BCUT2D eigenvalue weighted by atomic mass is 10.1. The van der Waals surface area contributed by atoms with Gasteiger partial charge in [-0.3, -0.25) is 14.9 Å². The summed E-state index contributed by atoms with van der Waals surface area (Å²) in [4.78, 5) is 27.8. The van der Waals surface area contributed by atoms with E-state index in [1.165, 1.54) is 16.9 Å². The van der Waals surface area contributed by atoms with E-state index in [1.54, 1.807) is 12.3 Å². The normalized spacial score (nSPS) is 10.8. The molecule has 0 saturated heterocycles. The van der Waals surface area contributed by atoms with Crippen LogP contribution in [0.5, 0.6) is 0 Å². The number of hydrogen-bond donors (Lipinski definition) is 2. The molecule has 0 unspecified atom stereocenters. The van der Waals surface area contributed by atoms with Crippen molar-refractivity contribution in [1.29, 1.82) is 0 Å². The number of anilines is 1. The first-order chi connectivity index (χ1) is 13.2. The summed E-state index contributed by atoms with van der Waals surface area (Å²) in [6.07, 6.45) is 3.13. The topological polar surface area (TPSA) is 87.7 Å². The largest absolute Gasteiger partial charge is 0.360 e. The number of para-hydroxylation sites is 1. The number of aromatic nitrogens is 3. The maximum atomic E-state index is 12.5. The minimum absolute atomic E-state index is 0.330. The molecule has 2 aromatic heterocycles. The number of rotatable bonds is 6.